The Kier molecular flexibility index (Phi) is 4.24. The van der Waals surface area contributed by atoms with E-state index in [-0.39, 0.29) is 32.0 Å². The van der Waals surface area contributed by atoms with Crippen molar-refractivity contribution in [2.45, 2.75) is 16.7 Å². The topological polar surface area (TPSA) is 124 Å². The molecule has 9 nitrogen and oxygen atoms in total. The molecule has 0 fully saturated rings. The van der Waals surface area contributed by atoms with Crippen LogP contribution in [0.3, 0.4) is 0 Å². The molecule has 0 N–H and O–H groups in total. The summed E-state index contributed by atoms with van der Waals surface area (Å²) in [6.45, 7) is 1.90. The molecule has 0 amide bonds. The van der Waals surface area contributed by atoms with Gasteiger partial charge in [-0.15, -0.1) is 0 Å². The summed E-state index contributed by atoms with van der Waals surface area (Å²) in [5.41, 5.74) is -0.837. The molecule has 29 heavy (non-hydrogen) atoms. The summed E-state index contributed by atoms with van der Waals surface area (Å²) in [6.07, 6.45) is 0. The van der Waals surface area contributed by atoms with Crippen LogP contribution < -0.4 is 8.45 Å². The third kappa shape index (κ3) is 2.73. The lowest BCUT2D eigenvalue weighted by Crippen LogP contribution is -2.34. The van der Waals surface area contributed by atoms with Crippen LogP contribution in [0.25, 0.3) is 10.8 Å². The molecule has 0 spiro atoms. The van der Waals surface area contributed by atoms with Gasteiger partial charge in [0.05, 0.1) is 28.2 Å². The fourth-order valence-electron chi connectivity index (χ4n) is 3.34. The quantitative estimate of drug-likeness (QED) is 0.446. The van der Waals surface area contributed by atoms with E-state index in [1.54, 1.807) is 19.1 Å². The molecule has 0 radical (unpaired) electrons. The van der Waals surface area contributed by atoms with Crippen LogP contribution in [0.15, 0.2) is 64.4 Å². The number of rotatable bonds is 5. The van der Waals surface area contributed by atoms with Crippen LogP contribution in [0.1, 0.15) is 6.92 Å². The van der Waals surface area contributed by atoms with Crippen molar-refractivity contribution in [2.75, 3.05) is 10.3 Å². The van der Waals surface area contributed by atoms with Crippen LogP contribution in [0, 0.1) is 10.1 Å². The molecule has 11 heteroatoms. The standard InChI is InChI=1S/C18H14N2O7S2/c1-2-27-13-9-10-16(15(11-13)19(21)22)28(23,24)20-14-7-3-5-12-6-4-8-17(18(12)14)29(20,25)26/h3-11H,2H2,1H3. The minimum Gasteiger partial charge on any atom is -0.494 e. The maximum atomic E-state index is 13.4. The number of nitrogens with zero attached hydrogens (tertiary/aromatic N) is 2. The second-order valence-electron chi connectivity index (χ2n) is 6.16. The molecule has 3 aromatic carbocycles. The van der Waals surface area contributed by atoms with Crippen molar-refractivity contribution in [3.8, 4) is 5.75 Å². The van der Waals surface area contributed by atoms with Gasteiger partial charge in [-0.3, -0.25) is 10.1 Å². The summed E-state index contributed by atoms with van der Waals surface area (Å²) in [5.74, 6) is 0.104. The Hall–Kier alpha value is -3.18. The summed E-state index contributed by atoms with van der Waals surface area (Å²) in [6, 6.07) is 12.2. The van der Waals surface area contributed by atoms with Crippen LogP contribution in [0.4, 0.5) is 11.4 Å². The van der Waals surface area contributed by atoms with Gasteiger partial charge in [-0.25, -0.2) is 0 Å². The highest BCUT2D eigenvalue weighted by Gasteiger charge is 2.46. The monoisotopic (exact) mass is 434 g/mol. The summed E-state index contributed by atoms with van der Waals surface area (Å²) in [5, 5.41) is 12.3. The van der Waals surface area contributed by atoms with Gasteiger partial charge in [0.2, 0.25) is 0 Å². The maximum absolute atomic E-state index is 13.4. The zero-order chi connectivity index (χ0) is 21.0. The number of hydrogen-bond acceptors (Lipinski definition) is 7. The van der Waals surface area contributed by atoms with E-state index in [4.69, 9.17) is 4.74 Å². The first kappa shape index (κ1) is 19.2. The number of sulfonamides is 2. The van der Waals surface area contributed by atoms with E-state index in [0.29, 0.717) is 5.39 Å². The average Bonchev–Trinajstić information content (AvgIpc) is 2.91. The highest BCUT2D eigenvalue weighted by molar-refractivity contribution is 8.10. The van der Waals surface area contributed by atoms with Crippen molar-refractivity contribution in [1.29, 1.82) is 0 Å². The zero-order valence-electron chi connectivity index (χ0n) is 15.0. The molecule has 0 aliphatic carbocycles. The lowest BCUT2D eigenvalue weighted by Gasteiger charge is -2.19. The maximum Gasteiger partial charge on any atom is 0.293 e. The first-order valence-electron chi connectivity index (χ1n) is 8.43. The molecule has 150 valence electrons. The Bertz CT molecular complexity index is 1380. The van der Waals surface area contributed by atoms with Crippen molar-refractivity contribution < 1.29 is 26.5 Å². The first-order chi connectivity index (χ1) is 13.7. The molecule has 0 aromatic heterocycles. The van der Waals surface area contributed by atoms with Crippen LogP contribution >= 0.6 is 0 Å². The highest BCUT2D eigenvalue weighted by Crippen LogP contribution is 2.46. The van der Waals surface area contributed by atoms with Gasteiger partial charge < -0.3 is 4.74 Å². The average molecular weight is 434 g/mol. The van der Waals surface area contributed by atoms with E-state index >= 15 is 0 Å². The second kappa shape index (κ2) is 6.42. The number of nitro benzene ring substituents is 1. The van der Waals surface area contributed by atoms with Gasteiger partial charge in [0.25, 0.3) is 25.7 Å². The predicted octanol–water partition coefficient (Wildman–Crippen LogP) is 3.04. The molecule has 0 saturated heterocycles. The Morgan fingerprint density at radius 3 is 2.45 bits per heavy atom. The number of ether oxygens (including phenoxy) is 1. The van der Waals surface area contributed by atoms with Crippen molar-refractivity contribution in [3.63, 3.8) is 0 Å². The summed E-state index contributed by atoms with van der Waals surface area (Å²) >= 11 is 0. The number of benzene rings is 3. The Labute approximate surface area is 166 Å². The van der Waals surface area contributed by atoms with Gasteiger partial charge in [-0.2, -0.15) is 20.5 Å². The van der Waals surface area contributed by atoms with Crippen molar-refractivity contribution in [2.24, 2.45) is 0 Å². The van der Waals surface area contributed by atoms with Gasteiger partial charge >= 0.3 is 0 Å². The number of nitro groups is 1. The largest absolute Gasteiger partial charge is 0.494 e. The van der Waals surface area contributed by atoms with Gasteiger partial charge in [0.1, 0.15) is 5.75 Å². The molecule has 0 atom stereocenters. The molecular weight excluding hydrogens is 420 g/mol. The molecule has 0 saturated carbocycles. The van der Waals surface area contributed by atoms with E-state index in [0.717, 1.165) is 12.1 Å². The minimum absolute atomic E-state index is 0.0683. The third-order valence-electron chi connectivity index (χ3n) is 4.47. The number of hydrogen-bond donors (Lipinski definition) is 0. The first-order valence-corrected chi connectivity index (χ1v) is 11.3. The van der Waals surface area contributed by atoms with Gasteiger partial charge in [-0.05, 0) is 36.6 Å². The summed E-state index contributed by atoms with van der Waals surface area (Å²) < 4.78 is 58.3. The lowest BCUT2D eigenvalue weighted by molar-refractivity contribution is -0.387. The Morgan fingerprint density at radius 1 is 1.10 bits per heavy atom. The Balaban J connectivity index is 1.99. The fourth-order valence-corrected chi connectivity index (χ4v) is 7.40. The van der Waals surface area contributed by atoms with Crippen molar-refractivity contribution >= 4 is 42.2 Å². The molecule has 4 rings (SSSR count). The number of anilines is 1. The molecule has 1 aliphatic heterocycles. The zero-order valence-corrected chi connectivity index (χ0v) is 16.6. The third-order valence-corrected chi connectivity index (χ3v) is 8.71. The van der Waals surface area contributed by atoms with Crippen LogP contribution in [0.5, 0.6) is 5.75 Å². The highest BCUT2D eigenvalue weighted by atomic mass is 32.3. The molecule has 0 bridgehead atoms. The van der Waals surface area contributed by atoms with E-state index in [1.165, 1.54) is 30.3 Å². The molecule has 1 heterocycles. The summed E-state index contributed by atoms with van der Waals surface area (Å²) in [7, 11) is -9.30. The van der Waals surface area contributed by atoms with Gasteiger partial charge in [0, 0.05) is 5.39 Å². The van der Waals surface area contributed by atoms with E-state index in [9.17, 15) is 26.9 Å². The van der Waals surface area contributed by atoms with Crippen LogP contribution in [0.2, 0.25) is 0 Å². The second-order valence-corrected chi connectivity index (χ2v) is 9.90. The van der Waals surface area contributed by atoms with E-state index in [2.05, 4.69) is 0 Å². The normalized spacial score (nSPS) is 14.9. The molecule has 1 aliphatic rings. The van der Waals surface area contributed by atoms with E-state index < -0.39 is 35.6 Å². The molecular formula is C18H14N2O7S2. The van der Waals surface area contributed by atoms with Crippen LogP contribution in [-0.4, -0.2) is 28.4 Å². The smallest absolute Gasteiger partial charge is 0.293 e. The SMILES string of the molecule is CCOc1ccc(S(=O)(=O)N2c3cccc4cccc(c34)S2(=O)=O)c([N+](=O)[O-])c1. The summed E-state index contributed by atoms with van der Waals surface area (Å²) in [4.78, 5) is 9.74. The molecule has 3 aromatic rings. The van der Waals surface area contributed by atoms with Gasteiger partial charge in [0.15, 0.2) is 4.90 Å². The van der Waals surface area contributed by atoms with Gasteiger partial charge in [-0.1, -0.05) is 24.3 Å². The Morgan fingerprint density at radius 2 is 1.79 bits per heavy atom. The van der Waals surface area contributed by atoms with Crippen molar-refractivity contribution in [1.82, 2.24) is 0 Å². The lowest BCUT2D eigenvalue weighted by atomic mass is 10.1. The predicted molar refractivity (Wildman–Crippen MR) is 105 cm³/mol. The van der Waals surface area contributed by atoms with E-state index in [1.807, 2.05) is 0 Å². The minimum atomic E-state index is -4.82. The van der Waals surface area contributed by atoms with Crippen molar-refractivity contribution in [3.05, 3.63) is 64.7 Å². The van der Waals surface area contributed by atoms with Crippen LogP contribution in [-0.2, 0) is 20.0 Å². The fraction of sp³-hybridized carbons (Fsp3) is 0.111. The molecule has 0 unspecified atom stereocenters.